The van der Waals surface area contributed by atoms with Crippen molar-refractivity contribution >= 4 is 40.7 Å². The number of primary amides is 1. The SMILES string of the molecule is C[C@H]1c2c(N=NCl)ccc(O)c2C(O)=C2C(=O)[C@]3(O)C(O)=C(C(N)=O)C(=O)[C@@H](N(C)C)C3C(O)C21. The molecule has 0 aliphatic heterocycles. The van der Waals surface area contributed by atoms with Crippen molar-refractivity contribution in [3.8, 4) is 5.75 Å². The number of aromatic hydroxyl groups is 1. The number of halogens is 1. The monoisotopic (exact) mass is 506 g/mol. The van der Waals surface area contributed by atoms with Gasteiger partial charge in [0.15, 0.2) is 11.4 Å². The van der Waals surface area contributed by atoms with Crippen molar-refractivity contribution in [2.75, 3.05) is 14.1 Å². The van der Waals surface area contributed by atoms with Crippen LogP contribution >= 0.6 is 11.8 Å². The van der Waals surface area contributed by atoms with Gasteiger partial charge in [-0.05, 0) is 37.7 Å². The number of nitrogens with zero attached hydrogens (tertiary/aromatic N) is 3. The largest absolute Gasteiger partial charge is 0.508 e. The number of Topliss-reactive ketones (excluding diaryl/α,β-unsaturated/α-hetero) is 2. The summed E-state index contributed by atoms with van der Waals surface area (Å²) in [6.07, 6.45) is -1.70. The first-order chi connectivity index (χ1) is 16.3. The second-order valence-corrected chi connectivity index (χ2v) is 9.27. The van der Waals surface area contributed by atoms with Gasteiger partial charge in [0.05, 0.1) is 41.1 Å². The predicted molar refractivity (Wildman–Crippen MR) is 121 cm³/mol. The Hall–Kier alpha value is -3.32. The molecule has 1 aromatic rings. The Labute approximate surface area is 203 Å². The number of fused-ring (bicyclic) bond motifs is 3. The Morgan fingerprint density at radius 3 is 2.37 bits per heavy atom. The van der Waals surface area contributed by atoms with Gasteiger partial charge in [-0.3, -0.25) is 19.3 Å². The third-order valence-electron chi connectivity index (χ3n) is 7.23. The van der Waals surface area contributed by atoms with Gasteiger partial charge in [0, 0.05) is 11.5 Å². The van der Waals surface area contributed by atoms with Gasteiger partial charge in [-0.1, -0.05) is 11.6 Å². The molecule has 0 aromatic heterocycles. The van der Waals surface area contributed by atoms with E-state index in [0.717, 1.165) is 0 Å². The number of hydrogen-bond acceptors (Lipinski definition) is 11. The minimum atomic E-state index is -2.97. The van der Waals surface area contributed by atoms with Crippen molar-refractivity contribution < 1.29 is 39.9 Å². The van der Waals surface area contributed by atoms with Crippen LogP contribution in [0.5, 0.6) is 5.75 Å². The van der Waals surface area contributed by atoms with Gasteiger partial charge in [-0.25, -0.2) is 0 Å². The molecule has 0 radical (unpaired) electrons. The normalized spacial score (nSPS) is 32.7. The molecule has 4 rings (SSSR count). The van der Waals surface area contributed by atoms with Crippen LogP contribution in [0.25, 0.3) is 5.76 Å². The fourth-order valence-corrected chi connectivity index (χ4v) is 5.88. The first-order valence-corrected chi connectivity index (χ1v) is 10.9. The Morgan fingerprint density at radius 2 is 1.83 bits per heavy atom. The molecule has 186 valence electrons. The van der Waals surface area contributed by atoms with Crippen LogP contribution in [0, 0.1) is 11.8 Å². The van der Waals surface area contributed by atoms with E-state index in [9.17, 15) is 39.9 Å². The third kappa shape index (κ3) is 3.07. The maximum absolute atomic E-state index is 13.8. The number of nitrogens with two attached hydrogens (primary N) is 1. The zero-order valence-electron chi connectivity index (χ0n) is 18.8. The van der Waals surface area contributed by atoms with Crippen molar-refractivity contribution in [1.82, 2.24) is 4.90 Å². The molecular formula is C22H23ClN4O8. The smallest absolute Gasteiger partial charge is 0.255 e. The predicted octanol–water partition coefficient (Wildman–Crippen LogP) is 0.733. The summed E-state index contributed by atoms with van der Waals surface area (Å²) in [7, 11) is 2.86. The number of phenols is 1. The van der Waals surface area contributed by atoms with Crippen molar-refractivity contribution in [3.05, 3.63) is 40.2 Å². The molecule has 0 saturated heterocycles. The molecule has 6 atom stereocenters. The van der Waals surface area contributed by atoms with Crippen molar-refractivity contribution in [2.45, 2.75) is 30.6 Å². The molecule has 0 bridgehead atoms. The first-order valence-electron chi connectivity index (χ1n) is 10.5. The number of hydrogen-bond donors (Lipinski definition) is 6. The van der Waals surface area contributed by atoms with Crippen LogP contribution in [-0.4, -0.2) is 79.7 Å². The molecule has 1 fully saturated rings. The Kier molecular flexibility index (Phi) is 5.75. The molecular weight excluding hydrogens is 484 g/mol. The second-order valence-electron chi connectivity index (χ2n) is 9.12. The van der Waals surface area contributed by atoms with Crippen LogP contribution in [0.4, 0.5) is 5.69 Å². The minimum absolute atomic E-state index is 0.147. The number of likely N-dealkylation sites (N-methyl/N-ethyl adjacent to an activating group) is 1. The average Bonchev–Trinajstić information content (AvgIpc) is 2.77. The number of amides is 1. The number of carbonyl (C=O) groups excluding carboxylic acids is 3. The third-order valence-corrected chi connectivity index (χ3v) is 7.31. The number of ketones is 2. The summed E-state index contributed by atoms with van der Waals surface area (Å²) in [5.74, 6) is -9.74. The highest BCUT2D eigenvalue weighted by molar-refractivity contribution is 6.24. The first kappa shape index (κ1) is 24.8. The summed E-state index contributed by atoms with van der Waals surface area (Å²) in [6.45, 7) is 1.59. The molecule has 3 aliphatic carbocycles. The molecule has 13 heteroatoms. The number of aliphatic hydroxyl groups excluding tert-OH is 3. The molecule has 1 amide bonds. The lowest BCUT2D eigenvalue weighted by Crippen LogP contribution is -2.70. The van der Waals surface area contributed by atoms with E-state index in [2.05, 4.69) is 9.75 Å². The van der Waals surface area contributed by atoms with Gasteiger partial charge in [0.2, 0.25) is 5.78 Å². The molecule has 0 heterocycles. The number of phenolic OH excluding ortho intramolecular Hbond substituents is 1. The standard InChI is InChI=1S/C22H23ClN4O8/c1-6-9-7(25-26-23)4-5-8(28)11(9)16(29)12-10(6)17(30)14-15(27(2)3)18(31)13(21(24)34)20(33)22(14,35)19(12)32/h4-6,10,14-15,17,28-30,33,35H,1-3H3,(H2,24,34)/t6-,10?,14?,15-,17?,22-/m0/s1. The fraction of sp³-hybridized carbons (Fsp3) is 0.409. The Bertz CT molecular complexity index is 1270. The van der Waals surface area contributed by atoms with Crippen LogP contribution in [0.3, 0.4) is 0 Å². The van der Waals surface area contributed by atoms with Crippen LogP contribution in [0.2, 0.25) is 0 Å². The van der Waals surface area contributed by atoms with Crippen molar-refractivity contribution in [3.63, 3.8) is 0 Å². The number of carbonyl (C=O) groups is 3. The zero-order valence-corrected chi connectivity index (χ0v) is 19.6. The van der Waals surface area contributed by atoms with Crippen LogP contribution < -0.4 is 5.73 Å². The molecule has 1 saturated carbocycles. The summed E-state index contributed by atoms with van der Waals surface area (Å²) in [5, 5.41) is 59.4. The average molecular weight is 507 g/mol. The highest BCUT2D eigenvalue weighted by Crippen LogP contribution is 2.57. The zero-order chi connectivity index (χ0) is 26.1. The van der Waals surface area contributed by atoms with Gasteiger partial charge in [-0.2, -0.15) is 0 Å². The summed E-state index contributed by atoms with van der Waals surface area (Å²) in [6, 6.07) is 1.14. The molecule has 7 N–H and O–H groups in total. The van der Waals surface area contributed by atoms with Crippen molar-refractivity contribution in [2.24, 2.45) is 27.3 Å². The molecule has 3 unspecified atom stereocenters. The van der Waals surface area contributed by atoms with Gasteiger partial charge in [0.1, 0.15) is 22.8 Å². The van der Waals surface area contributed by atoms with E-state index in [1.807, 2.05) is 0 Å². The molecule has 3 aliphatic rings. The van der Waals surface area contributed by atoms with Crippen LogP contribution in [0.1, 0.15) is 24.0 Å². The molecule has 0 spiro atoms. The van der Waals surface area contributed by atoms with E-state index in [1.165, 1.54) is 31.1 Å². The second kappa shape index (κ2) is 8.12. The fourth-order valence-electron chi connectivity index (χ4n) is 5.80. The van der Waals surface area contributed by atoms with Gasteiger partial charge >= 0.3 is 0 Å². The number of aliphatic hydroxyl groups is 4. The van der Waals surface area contributed by atoms with E-state index in [-0.39, 0.29) is 16.8 Å². The maximum Gasteiger partial charge on any atom is 0.255 e. The Balaban J connectivity index is 2.09. The van der Waals surface area contributed by atoms with Gasteiger partial charge in [-0.15, -0.1) is 5.11 Å². The molecule has 1 aromatic carbocycles. The maximum atomic E-state index is 13.8. The van der Waals surface area contributed by atoms with E-state index >= 15 is 0 Å². The topological polar surface area (TPSA) is 206 Å². The summed E-state index contributed by atoms with van der Waals surface area (Å²) in [4.78, 5) is 40.2. The lowest BCUT2D eigenvalue weighted by atomic mass is 9.54. The molecule has 35 heavy (non-hydrogen) atoms. The van der Waals surface area contributed by atoms with Crippen LogP contribution in [-0.2, 0) is 14.4 Å². The summed E-state index contributed by atoms with van der Waals surface area (Å²) in [5.41, 5.74) is 1.02. The van der Waals surface area contributed by atoms with Gasteiger partial charge in [0.25, 0.3) is 5.91 Å². The quantitative estimate of drug-likeness (QED) is 0.252. The number of benzene rings is 1. The lowest BCUT2D eigenvalue weighted by molar-refractivity contribution is -0.169. The highest BCUT2D eigenvalue weighted by atomic mass is 35.5. The summed E-state index contributed by atoms with van der Waals surface area (Å²) >= 11 is 5.40. The van der Waals surface area contributed by atoms with Gasteiger partial charge < -0.3 is 31.3 Å². The van der Waals surface area contributed by atoms with E-state index in [1.54, 1.807) is 6.92 Å². The Morgan fingerprint density at radius 1 is 1.20 bits per heavy atom. The highest BCUT2D eigenvalue weighted by Gasteiger charge is 2.68. The van der Waals surface area contributed by atoms with Crippen LogP contribution in [0.15, 0.2) is 38.8 Å². The van der Waals surface area contributed by atoms with E-state index in [0.29, 0.717) is 0 Å². The van der Waals surface area contributed by atoms with Crippen molar-refractivity contribution in [1.29, 1.82) is 0 Å². The number of rotatable bonds is 3. The minimum Gasteiger partial charge on any atom is -0.508 e. The van der Waals surface area contributed by atoms with E-state index in [4.69, 9.17) is 17.5 Å². The lowest BCUT2D eigenvalue weighted by Gasteiger charge is -2.53. The summed E-state index contributed by atoms with van der Waals surface area (Å²) < 4.78 is 3.21. The molecule has 12 nitrogen and oxygen atoms in total. The van der Waals surface area contributed by atoms with E-state index < -0.39 is 81.4 Å².